The molecule has 51 heavy (non-hydrogen) atoms. The van der Waals surface area contributed by atoms with Crippen molar-refractivity contribution in [1.82, 2.24) is 0 Å². The number of phenolic OH excluding ortho intramolecular Hbond substituents is 2. The first-order valence-corrected chi connectivity index (χ1v) is 16.1. The normalized spacial score (nSPS) is 18.0. The summed E-state index contributed by atoms with van der Waals surface area (Å²) in [5.41, 5.74) is 3.03. The number of nitrogens with two attached hydrogens (primary N) is 1. The summed E-state index contributed by atoms with van der Waals surface area (Å²) in [4.78, 5) is 49.4. The fourth-order valence-corrected chi connectivity index (χ4v) is 5.25. The molecule has 2 aromatic rings. The minimum atomic E-state index is -4.86. The number of hydrogen-bond donors (Lipinski definition) is 5. The number of phenols is 2. The van der Waals surface area contributed by atoms with E-state index in [1.54, 1.807) is 26.8 Å². The molecule has 1 aliphatic carbocycles. The number of benzene rings is 2. The van der Waals surface area contributed by atoms with E-state index in [9.17, 15) is 48.0 Å². The van der Waals surface area contributed by atoms with Gasteiger partial charge in [0.2, 0.25) is 5.78 Å². The maximum absolute atomic E-state index is 13.8. The maximum Gasteiger partial charge on any atom is 0.470 e. The summed E-state index contributed by atoms with van der Waals surface area (Å²) in [7, 11) is 1.34. The van der Waals surface area contributed by atoms with Crippen LogP contribution in [0.2, 0.25) is 0 Å². The number of fused-ring (bicyclic) bond motifs is 2. The van der Waals surface area contributed by atoms with Crippen molar-refractivity contribution in [2.45, 2.75) is 97.6 Å². The van der Waals surface area contributed by atoms with Crippen LogP contribution in [0.5, 0.6) is 17.2 Å². The molecule has 0 radical (unpaired) electrons. The molecule has 17 heteroatoms. The van der Waals surface area contributed by atoms with E-state index in [1.165, 1.54) is 19.2 Å². The summed E-state index contributed by atoms with van der Waals surface area (Å²) in [5, 5.41) is 42.7. The molecular formula is C34H44F3NO13. The van der Waals surface area contributed by atoms with Crippen LogP contribution in [0.4, 0.5) is 13.2 Å². The Bertz CT molecular complexity index is 1550. The first-order valence-electron chi connectivity index (χ1n) is 16.1. The van der Waals surface area contributed by atoms with E-state index in [0.717, 1.165) is 0 Å². The zero-order chi connectivity index (χ0) is 38.8. The zero-order valence-electron chi connectivity index (χ0n) is 29.0. The van der Waals surface area contributed by atoms with Crippen LogP contribution in [0, 0.1) is 0 Å². The Kier molecular flexibility index (Phi) is 16.0. The minimum absolute atomic E-state index is 0.0151. The fourth-order valence-electron chi connectivity index (χ4n) is 5.25. The first kappa shape index (κ1) is 43.0. The average molecular weight is 732 g/mol. The van der Waals surface area contributed by atoms with Crippen LogP contribution in [-0.2, 0) is 35.0 Å². The van der Waals surface area contributed by atoms with Gasteiger partial charge in [-0.15, -0.1) is 0 Å². The number of carbonyl (C=O) groups is 4. The number of carbonyl (C=O) groups excluding carboxylic acids is 4. The first-order chi connectivity index (χ1) is 23.9. The lowest BCUT2D eigenvalue weighted by Crippen LogP contribution is -2.33. The van der Waals surface area contributed by atoms with Gasteiger partial charge in [-0.2, -0.15) is 13.2 Å². The number of hydrogen-bond acceptors (Lipinski definition) is 13. The van der Waals surface area contributed by atoms with Gasteiger partial charge in [-0.05, 0) is 32.8 Å². The van der Waals surface area contributed by atoms with Crippen molar-refractivity contribution < 1.29 is 76.5 Å². The molecule has 0 saturated carbocycles. The zero-order valence-corrected chi connectivity index (χ0v) is 29.0. The largest absolute Gasteiger partial charge is 0.507 e. The molecule has 284 valence electrons. The molecule has 1 heterocycles. The predicted molar refractivity (Wildman–Crippen MR) is 172 cm³/mol. The van der Waals surface area contributed by atoms with Crippen LogP contribution in [0.1, 0.15) is 103 Å². The summed E-state index contributed by atoms with van der Waals surface area (Å²) in [6.07, 6.45) is -7.76. The number of aliphatic hydroxyl groups excluding tert-OH is 2. The summed E-state index contributed by atoms with van der Waals surface area (Å²) in [5.74, 6) is -5.24. The smallest absolute Gasteiger partial charge is 0.470 e. The van der Waals surface area contributed by atoms with E-state index in [4.69, 9.17) is 28.5 Å². The Morgan fingerprint density at radius 2 is 1.65 bits per heavy atom. The third kappa shape index (κ3) is 10.7. The molecular weight excluding hydrogens is 687 g/mol. The highest BCUT2D eigenvalue weighted by Crippen LogP contribution is 2.48. The molecule has 14 nitrogen and oxygen atoms in total. The van der Waals surface area contributed by atoms with Gasteiger partial charge in [-0.3, -0.25) is 19.2 Å². The van der Waals surface area contributed by atoms with Gasteiger partial charge >= 0.3 is 12.1 Å². The number of aliphatic hydroxyl groups is 2. The van der Waals surface area contributed by atoms with E-state index < -0.39 is 84.5 Å². The van der Waals surface area contributed by atoms with Gasteiger partial charge in [0.1, 0.15) is 23.9 Å². The van der Waals surface area contributed by atoms with Gasteiger partial charge in [0.15, 0.2) is 17.9 Å². The third-order valence-corrected chi connectivity index (χ3v) is 7.43. The SMILES string of the molecule is CC.CCc1c(O)c2c(c(O)c1[C@H](CC(=O)COC(O)OC(C)C)OC1CC[C@H](O)CO1)C(=O)c1c(OC)cccc1C2=O.NC(=O)C(F)(F)F. The van der Waals surface area contributed by atoms with E-state index in [0.29, 0.717) is 6.42 Å². The minimum Gasteiger partial charge on any atom is -0.507 e. The number of halogens is 3. The molecule has 4 atom stereocenters. The average Bonchev–Trinajstić information content (AvgIpc) is 3.07. The van der Waals surface area contributed by atoms with Crippen molar-refractivity contribution in [3.8, 4) is 17.2 Å². The second-order valence-corrected chi connectivity index (χ2v) is 11.3. The van der Waals surface area contributed by atoms with Gasteiger partial charge in [-0.1, -0.05) is 32.9 Å². The highest BCUT2D eigenvalue weighted by atomic mass is 19.4. The van der Waals surface area contributed by atoms with Crippen LogP contribution in [0.15, 0.2) is 18.2 Å². The maximum atomic E-state index is 13.8. The Morgan fingerprint density at radius 1 is 1.04 bits per heavy atom. The number of rotatable bonds is 12. The van der Waals surface area contributed by atoms with Gasteiger partial charge in [-0.25, -0.2) is 0 Å². The number of Topliss-reactive ketones (excluding diaryl/α,β-unsaturated/α-hetero) is 1. The number of primary amides is 1. The molecule has 1 amide bonds. The molecule has 1 saturated heterocycles. The lowest BCUT2D eigenvalue weighted by atomic mass is 9.78. The Balaban J connectivity index is 0.000000894. The molecule has 0 bridgehead atoms. The van der Waals surface area contributed by atoms with E-state index in [2.05, 4.69) is 5.73 Å². The van der Waals surface area contributed by atoms with Gasteiger partial charge in [0.25, 0.3) is 6.48 Å². The number of ether oxygens (including phenoxy) is 5. The molecule has 1 aliphatic heterocycles. The molecule has 0 aromatic heterocycles. The Morgan fingerprint density at radius 3 is 2.16 bits per heavy atom. The van der Waals surface area contributed by atoms with Crippen LogP contribution < -0.4 is 10.5 Å². The monoisotopic (exact) mass is 731 g/mol. The van der Waals surface area contributed by atoms with Gasteiger partial charge in [0.05, 0.1) is 48.7 Å². The molecule has 4 rings (SSSR count). The quantitative estimate of drug-likeness (QED) is 0.133. The second kappa shape index (κ2) is 18.9. The van der Waals surface area contributed by atoms with Crippen molar-refractivity contribution in [3.63, 3.8) is 0 Å². The molecule has 2 aromatic carbocycles. The number of amides is 1. The van der Waals surface area contributed by atoms with E-state index in [-0.39, 0.29) is 59.1 Å². The summed E-state index contributed by atoms with van der Waals surface area (Å²) in [6, 6.07) is 4.49. The van der Waals surface area contributed by atoms with Crippen molar-refractivity contribution >= 4 is 23.3 Å². The van der Waals surface area contributed by atoms with Crippen LogP contribution >= 0.6 is 0 Å². The molecule has 2 aliphatic rings. The number of alkyl halides is 3. The van der Waals surface area contributed by atoms with Crippen molar-refractivity contribution in [3.05, 3.63) is 51.6 Å². The van der Waals surface area contributed by atoms with E-state index >= 15 is 0 Å². The Labute approximate surface area is 292 Å². The summed E-state index contributed by atoms with van der Waals surface area (Å²) >= 11 is 0. The predicted octanol–water partition coefficient (Wildman–Crippen LogP) is 3.74. The molecule has 6 N–H and O–H groups in total. The lowest BCUT2D eigenvalue weighted by molar-refractivity contribution is -0.274. The van der Waals surface area contributed by atoms with Crippen LogP contribution in [0.3, 0.4) is 0 Å². The van der Waals surface area contributed by atoms with Crippen molar-refractivity contribution in [1.29, 1.82) is 0 Å². The Hall–Kier alpha value is -4.13. The molecule has 2 unspecified atom stereocenters. The summed E-state index contributed by atoms with van der Waals surface area (Å²) < 4.78 is 59.3. The van der Waals surface area contributed by atoms with Crippen LogP contribution in [-0.4, -0.2) is 95.2 Å². The van der Waals surface area contributed by atoms with Crippen molar-refractivity contribution in [2.24, 2.45) is 5.73 Å². The van der Waals surface area contributed by atoms with Crippen LogP contribution in [0.25, 0.3) is 0 Å². The number of methoxy groups -OCH3 is 1. The standard InChI is InChI=1S/C30H36O12.C2H2F3NO.C2H6/c1-5-17-22(20(42-21-10-9-15(31)12-39-21)11-16(32)13-40-30(37)41-14(2)3)28(35)25-24(26(17)33)27(34)18-7-6-8-19(38-4)23(18)29(25)36;3-2(4,5)1(6)7;1-2/h6-8,14-15,20-21,30-31,33,35,37H,5,9-13H2,1-4H3;(H2,6,7);1-2H3/t15-,20-,21?,30?;;/m0../s1. The summed E-state index contributed by atoms with van der Waals surface area (Å²) in [6.45, 7) is 6.79. The molecule has 1 fully saturated rings. The fraction of sp³-hybridized carbons (Fsp3) is 0.529. The van der Waals surface area contributed by atoms with E-state index in [1.807, 2.05) is 13.8 Å². The van der Waals surface area contributed by atoms with Gasteiger partial charge < -0.3 is 49.8 Å². The topological polar surface area (TPSA) is 221 Å². The van der Waals surface area contributed by atoms with Crippen molar-refractivity contribution in [2.75, 3.05) is 20.3 Å². The number of ketones is 3. The second-order valence-electron chi connectivity index (χ2n) is 11.3. The van der Waals surface area contributed by atoms with Gasteiger partial charge in [0, 0.05) is 29.5 Å². The number of aromatic hydroxyl groups is 2. The third-order valence-electron chi connectivity index (χ3n) is 7.43. The molecule has 0 spiro atoms. The highest BCUT2D eigenvalue weighted by Gasteiger charge is 2.41. The highest BCUT2D eigenvalue weighted by molar-refractivity contribution is 6.31. The lowest BCUT2D eigenvalue weighted by Gasteiger charge is -2.32.